The maximum atomic E-state index is 13.5. The smallest absolute Gasteiger partial charge is 0.339 e. The van der Waals surface area contributed by atoms with E-state index < -0.39 is 5.97 Å². The predicted molar refractivity (Wildman–Crippen MR) is 159 cm³/mol. The van der Waals surface area contributed by atoms with Gasteiger partial charge in [0.1, 0.15) is 11.3 Å². The molecule has 5 nitrogen and oxygen atoms in total. The first kappa shape index (κ1) is 28.2. The molecule has 0 atom stereocenters. The van der Waals surface area contributed by atoms with Gasteiger partial charge in [0.25, 0.3) is 0 Å². The van der Waals surface area contributed by atoms with Crippen molar-refractivity contribution in [1.29, 1.82) is 0 Å². The SMILES string of the molecule is CCN(CC)c1ccc(-c2cc(C(=O)/C=C/c3ccc(C(=O)O)c(O)c3)cc3c2C(C)(C)CCC3(C)C)cc1. The summed E-state index contributed by atoms with van der Waals surface area (Å²) in [5.41, 5.74) is 6.80. The van der Waals surface area contributed by atoms with Gasteiger partial charge < -0.3 is 15.1 Å². The van der Waals surface area contributed by atoms with Gasteiger partial charge in [-0.25, -0.2) is 4.79 Å². The molecule has 0 aromatic heterocycles. The number of ketones is 1. The lowest BCUT2D eigenvalue weighted by Gasteiger charge is -2.43. The number of carbonyl (C=O) groups excluding carboxylic acids is 1. The number of aromatic carboxylic acids is 1. The molecule has 5 heteroatoms. The van der Waals surface area contributed by atoms with Crippen molar-refractivity contribution in [3.63, 3.8) is 0 Å². The van der Waals surface area contributed by atoms with Crippen molar-refractivity contribution < 1.29 is 19.8 Å². The number of rotatable bonds is 8. The first-order valence-corrected chi connectivity index (χ1v) is 13.7. The van der Waals surface area contributed by atoms with Crippen molar-refractivity contribution in [2.75, 3.05) is 18.0 Å². The Balaban J connectivity index is 1.80. The number of anilines is 1. The van der Waals surface area contributed by atoms with Gasteiger partial charge in [-0.05, 0) is 108 Å². The van der Waals surface area contributed by atoms with E-state index in [0.717, 1.165) is 37.1 Å². The van der Waals surface area contributed by atoms with Gasteiger partial charge in [0.15, 0.2) is 5.78 Å². The number of nitrogens with zero attached hydrogens (tertiary/aromatic N) is 1. The van der Waals surface area contributed by atoms with E-state index in [4.69, 9.17) is 5.11 Å². The summed E-state index contributed by atoms with van der Waals surface area (Å²) in [6, 6.07) is 17.0. The predicted octanol–water partition coefficient (Wildman–Crippen LogP) is 7.85. The third-order valence-electron chi connectivity index (χ3n) is 8.19. The van der Waals surface area contributed by atoms with Gasteiger partial charge >= 0.3 is 5.97 Å². The topological polar surface area (TPSA) is 77.8 Å². The Bertz CT molecular complexity index is 1430. The van der Waals surface area contributed by atoms with E-state index >= 15 is 0 Å². The third kappa shape index (κ3) is 5.63. The lowest BCUT2D eigenvalue weighted by atomic mass is 9.61. The molecule has 0 saturated heterocycles. The van der Waals surface area contributed by atoms with E-state index in [1.165, 1.54) is 35.0 Å². The number of carboxylic acids is 1. The van der Waals surface area contributed by atoms with E-state index in [1.54, 1.807) is 12.1 Å². The molecule has 0 unspecified atom stereocenters. The van der Waals surface area contributed by atoms with E-state index in [1.807, 2.05) is 6.07 Å². The standard InChI is InChI=1S/C34H39NO4/c1-7-35(8-2)25-13-11-23(12-14-25)27-20-24(21-28-31(27)34(5,6)18-17-33(28,3)4)29(36)16-10-22-9-15-26(32(38)39)30(37)19-22/h9-16,19-21,37H,7-8,17-18H2,1-6H3,(H,38,39)/b16-10+. The van der Waals surface area contributed by atoms with Crippen molar-refractivity contribution in [1.82, 2.24) is 0 Å². The van der Waals surface area contributed by atoms with Gasteiger partial charge in [0, 0.05) is 24.3 Å². The Morgan fingerprint density at radius 3 is 2.13 bits per heavy atom. The van der Waals surface area contributed by atoms with Gasteiger partial charge in [0.2, 0.25) is 0 Å². The number of hydrogen-bond donors (Lipinski definition) is 2. The van der Waals surface area contributed by atoms with Gasteiger partial charge in [-0.1, -0.05) is 52.0 Å². The Hall–Kier alpha value is -3.86. The fourth-order valence-electron chi connectivity index (χ4n) is 5.70. The fraction of sp³-hybridized carbons (Fsp3) is 0.353. The lowest BCUT2D eigenvalue weighted by molar-refractivity contribution is 0.0693. The summed E-state index contributed by atoms with van der Waals surface area (Å²) in [6.07, 6.45) is 5.21. The highest BCUT2D eigenvalue weighted by atomic mass is 16.4. The van der Waals surface area contributed by atoms with Crippen LogP contribution < -0.4 is 4.90 Å². The van der Waals surface area contributed by atoms with Crippen LogP contribution in [0.2, 0.25) is 0 Å². The number of carbonyl (C=O) groups is 2. The Morgan fingerprint density at radius 2 is 1.54 bits per heavy atom. The minimum absolute atomic E-state index is 0.0292. The quantitative estimate of drug-likeness (QED) is 0.231. The fourth-order valence-corrected chi connectivity index (χ4v) is 5.70. The van der Waals surface area contributed by atoms with E-state index in [0.29, 0.717) is 11.1 Å². The molecule has 0 amide bonds. The zero-order chi connectivity index (χ0) is 28.5. The van der Waals surface area contributed by atoms with Gasteiger partial charge in [0.05, 0.1) is 0 Å². The molecule has 1 aliphatic carbocycles. The largest absolute Gasteiger partial charge is 0.507 e. The molecule has 4 rings (SSSR count). The zero-order valence-corrected chi connectivity index (χ0v) is 23.8. The number of hydrogen-bond acceptors (Lipinski definition) is 4. The summed E-state index contributed by atoms with van der Waals surface area (Å²) in [7, 11) is 0. The van der Waals surface area contributed by atoms with Gasteiger partial charge in [-0.3, -0.25) is 4.79 Å². The summed E-state index contributed by atoms with van der Waals surface area (Å²) >= 11 is 0. The average Bonchev–Trinajstić information content (AvgIpc) is 2.90. The van der Waals surface area contributed by atoms with Gasteiger partial charge in [-0.15, -0.1) is 0 Å². The molecular formula is C34H39NO4. The number of fused-ring (bicyclic) bond motifs is 1. The minimum Gasteiger partial charge on any atom is -0.507 e. The molecule has 3 aromatic carbocycles. The maximum Gasteiger partial charge on any atom is 0.339 e. The van der Waals surface area contributed by atoms with Crippen LogP contribution in [0, 0.1) is 0 Å². The molecule has 204 valence electrons. The van der Waals surface area contributed by atoms with Crippen LogP contribution in [0.4, 0.5) is 5.69 Å². The van der Waals surface area contributed by atoms with E-state index in [-0.39, 0.29) is 27.9 Å². The molecule has 0 bridgehead atoms. The molecule has 0 radical (unpaired) electrons. The molecule has 2 N–H and O–H groups in total. The Kier molecular flexibility index (Phi) is 7.74. The second-order valence-electron chi connectivity index (χ2n) is 11.7. The van der Waals surface area contributed by atoms with Crippen LogP contribution in [0.3, 0.4) is 0 Å². The summed E-state index contributed by atoms with van der Waals surface area (Å²) < 4.78 is 0. The van der Waals surface area contributed by atoms with Crippen LogP contribution in [-0.2, 0) is 10.8 Å². The molecular weight excluding hydrogens is 486 g/mol. The van der Waals surface area contributed by atoms with Crippen LogP contribution >= 0.6 is 0 Å². The molecule has 0 fully saturated rings. The summed E-state index contributed by atoms with van der Waals surface area (Å²) in [5, 5.41) is 19.2. The van der Waals surface area contributed by atoms with Crippen molar-refractivity contribution in [3.8, 4) is 16.9 Å². The van der Waals surface area contributed by atoms with Crippen molar-refractivity contribution in [2.45, 2.75) is 65.2 Å². The molecule has 1 aliphatic rings. The van der Waals surface area contributed by atoms with E-state index in [9.17, 15) is 14.7 Å². The van der Waals surface area contributed by atoms with Gasteiger partial charge in [-0.2, -0.15) is 0 Å². The molecule has 0 heterocycles. The monoisotopic (exact) mass is 525 g/mol. The second kappa shape index (κ2) is 10.7. The van der Waals surface area contributed by atoms with Crippen LogP contribution in [0.25, 0.3) is 17.2 Å². The first-order chi connectivity index (χ1) is 18.4. The Morgan fingerprint density at radius 1 is 0.897 bits per heavy atom. The summed E-state index contributed by atoms with van der Waals surface area (Å²) in [4.78, 5) is 27.0. The van der Waals surface area contributed by atoms with Crippen LogP contribution in [0.15, 0.2) is 60.7 Å². The average molecular weight is 526 g/mol. The Labute approximate surface area is 231 Å². The highest BCUT2D eigenvalue weighted by molar-refractivity contribution is 6.08. The number of carboxylic acid groups (broad SMARTS) is 1. The van der Waals surface area contributed by atoms with Crippen LogP contribution in [0.1, 0.15) is 91.8 Å². The molecule has 0 spiro atoms. The minimum atomic E-state index is -1.20. The number of phenols is 1. The summed E-state index contributed by atoms with van der Waals surface area (Å²) in [5.74, 6) is -1.67. The zero-order valence-electron chi connectivity index (χ0n) is 23.8. The van der Waals surface area contributed by atoms with Crippen LogP contribution in [0.5, 0.6) is 5.75 Å². The van der Waals surface area contributed by atoms with Crippen molar-refractivity contribution in [2.24, 2.45) is 0 Å². The maximum absolute atomic E-state index is 13.5. The number of aromatic hydroxyl groups is 1. The lowest BCUT2D eigenvalue weighted by Crippen LogP contribution is -2.34. The summed E-state index contributed by atoms with van der Waals surface area (Å²) in [6.45, 7) is 15.3. The van der Waals surface area contributed by atoms with Crippen molar-refractivity contribution in [3.05, 3.63) is 88.5 Å². The highest BCUT2D eigenvalue weighted by Crippen LogP contribution is 2.50. The normalized spacial score (nSPS) is 15.6. The molecule has 0 aliphatic heterocycles. The molecule has 39 heavy (non-hydrogen) atoms. The third-order valence-corrected chi connectivity index (χ3v) is 8.19. The van der Waals surface area contributed by atoms with E-state index in [2.05, 4.69) is 76.8 Å². The highest BCUT2D eigenvalue weighted by Gasteiger charge is 2.39. The molecule has 3 aromatic rings. The first-order valence-electron chi connectivity index (χ1n) is 13.7. The van der Waals surface area contributed by atoms with Crippen LogP contribution in [-0.4, -0.2) is 35.1 Å². The number of benzene rings is 3. The second-order valence-corrected chi connectivity index (χ2v) is 11.7. The van der Waals surface area contributed by atoms with Crippen molar-refractivity contribution >= 4 is 23.5 Å². The number of allylic oxidation sites excluding steroid dienone is 1. The molecule has 0 saturated carbocycles.